The van der Waals surface area contributed by atoms with Gasteiger partial charge < -0.3 is 10.5 Å². The van der Waals surface area contributed by atoms with E-state index in [1.54, 1.807) is 6.92 Å². The highest BCUT2D eigenvalue weighted by atomic mass is 19.2. The number of rotatable bonds is 6. The van der Waals surface area contributed by atoms with Gasteiger partial charge in [-0.05, 0) is 44.4 Å². The van der Waals surface area contributed by atoms with Crippen molar-refractivity contribution in [2.45, 2.75) is 33.2 Å². The third-order valence-corrected chi connectivity index (χ3v) is 3.40. The molecule has 0 aliphatic heterocycles. The van der Waals surface area contributed by atoms with Gasteiger partial charge >= 0.3 is 0 Å². The summed E-state index contributed by atoms with van der Waals surface area (Å²) in [5.41, 5.74) is 6.14. The quantitative estimate of drug-likeness (QED) is 0.885. The summed E-state index contributed by atoms with van der Waals surface area (Å²) in [6.07, 6.45) is 2.26. The predicted molar refractivity (Wildman–Crippen MR) is 85.0 cm³/mol. The molecule has 0 aliphatic rings. The van der Waals surface area contributed by atoms with Crippen LogP contribution in [0.1, 0.15) is 26.1 Å². The summed E-state index contributed by atoms with van der Waals surface area (Å²) in [4.78, 5) is 8.05. The Morgan fingerprint density at radius 1 is 1.17 bits per heavy atom. The lowest BCUT2D eigenvalue weighted by Crippen LogP contribution is -2.21. The van der Waals surface area contributed by atoms with Gasteiger partial charge in [-0.2, -0.15) is 4.39 Å². The Labute approximate surface area is 134 Å². The van der Waals surface area contributed by atoms with Crippen molar-refractivity contribution < 1.29 is 13.5 Å². The van der Waals surface area contributed by atoms with Gasteiger partial charge in [0.15, 0.2) is 11.6 Å². The van der Waals surface area contributed by atoms with Crippen LogP contribution in [0.15, 0.2) is 24.4 Å². The van der Waals surface area contributed by atoms with Crippen LogP contribution in [0.5, 0.6) is 5.75 Å². The number of ether oxygens (including phenoxy) is 1. The molecule has 1 aromatic carbocycles. The second kappa shape index (κ2) is 7.46. The molecule has 0 fully saturated rings. The molecule has 0 aliphatic carbocycles. The molecule has 2 aromatic rings. The van der Waals surface area contributed by atoms with Crippen LogP contribution in [0.4, 0.5) is 8.78 Å². The lowest BCUT2D eigenvalue weighted by molar-refractivity contribution is 0.234. The second-order valence-electron chi connectivity index (χ2n) is 5.86. The van der Waals surface area contributed by atoms with Crippen LogP contribution in [-0.2, 0) is 0 Å². The number of nitrogens with zero attached hydrogens (tertiary/aromatic N) is 2. The van der Waals surface area contributed by atoms with Gasteiger partial charge in [0.1, 0.15) is 5.82 Å². The Morgan fingerprint density at radius 2 is 1.91 bits per heavy atom. The van der Waals surface area contributed by atoms with Crippen LogP contribution < -0.4 is 10.5 Å². The minimum atomic E-state index is -1.01. The molecule has 23 heavy (non-hydrogen) atoms. The van der Waals surface area contributed by atoms with E-state index in [0.717, 1.165) is 6.42 Å². The Kier molecular flexibility index (Phi) is 5.60. The molecule has 4 nitrogen and oxygen atoms in total. The molecule has 0 spiro atoms. The first kappa shape index (κ1) is 17.3. The summed E-state index contributed by atoms with van der Waals surface area (Å²) in [6.45, 7) is 5.82. The van der Waals surface area contributed by atoms with Crippen molar-refractivity contribution in [1.82, 2.24) is 9.97 Å². The highest BCUT2D eigenvalue weighted by molar-refractivity contribution is 5.61. The standard InChI is InChI=1S/C17H21F2N3O/c1-10(8-11(2)20)9-23-15-5-4-13(16(18)17(15)19)14-6-7-21-12(3)22-14/h4-7,10-11H,8-9,20H2,1-3H3. The van der Waals surface area contributed by atoms with Crippen LogP contribution in [0.3, 0.4) is 0 Å². The molecule has 124 valence electrons. The van der Waals surface area contributed by atoms with Gasteiger partial charge in [0.2, 0.25) is 5.82 Å². The molecular weight excluding hydrogens is 300 g/mol. The summed E-state index contributed by atoms with van der Waals surface area (Å²) in [5.74, 6) is -1.44. The van der Waals surface area contributed by atoms with Gasteiger partial charge in [-0.1, -0.05) is 6.92 Å². The topological polar surface area (TPSA) is 61.0 Å². The molecule has 1 aromatic heterocycles. The number of aryl methyl sites for hydroxylation is 1. The summed E-state index contributed by atoms with van der Waals surface area (Å²) >= 11 is 0. The van der Waals surface area contributed by atoms with Crippen molar-refractivity contribution in [3.8, 4) is 17.0 Å². The normalized spacial score (nSPS) is 13.7. The monoisotopic (exact) mass is 321 g/mol. The first-order valence-electron chi connectivity index (χ1n) is 7.55. The molecule has 2 rings (SSSR count). The molecular formula is C17H21F2N3O. The van der Waals surface area contributed by atoms with E-state index in [1.807, 2.05) is 13.8 Å². The summed E-state index contributed by atoms with van der Waals surface area (Å²) in [6, 6.07) is 4.46. The lowest BCUT2D eigenvalue weighted by Gasteiger charge is -2.16. The molecule has 6 heteroatoms. The van der Waals surface area contributed by atoms with Crippen molar-refractivity contribution in [2.24, 2.45) is 11.7 Å². The van der Waals surface area contributed by atoms with Crippen LogP contribution >= 0.6 is 0 Å². The molecule has 0 amide bonds. The smallest absolute Gasteiger partial charge is 0.201 e. The number of halogens is 2. The predicted octanol–water partition coefficient (Wildman–Crippen LogP) is 3.48. The number of hydrogen-bond donors (Lipinski definition) is 1. The van der Waals surface area contributed by atoms with Crippen molar-refractivity contribution >= 4 is 0 Å². The fourth-order valence-electron chi connectivity index (χ4n) is 2.38. The third kappa shape index (κ3) is 4.45. The van der Waals surface area contributed by atoms with E-state index in [0.29, 0.717) is 11.5 Å². The first-order valence-corrected chi connectivity index (χ1v) is 7.55. The Balaban J connectivity index is 2.17. The van der Waals surface area contributed by atoms with E-state index in [1.165, 1.54) is 24.4 Å². The molecule has 0 saturated carbocycles. The average molecular weight is 321 g/mol. The molecule has 2 N–H and O–H groups in total. The van der Waals surface area contributed by atoms with Gasteiger partial charge in [-0.25, -0.2) is 14.4 Å². The van der Waals surface area contributed by atoms with Crippen molar-refractivity contribution in [2.75, 3.05) is 6.61 Å². The maximum Gasteiger partial charge on any atom is 0.201 e. The Morgan fingerprint density at radius 3 is 2.57 bits per heavy atom. The van der Waals surface area contributed by atoms with Gasteiger partial charge in [-0.15, -0.1) is 0 Å². The molecule has 2 atom stereocenters. The molecule has 2 unspecified atom stereocenters. The van der Waals surface area contributed by atoms with E-state index in [2.05, 4.69) is 9.97 Å². The maximum atomic E-state index is 14.3. The zero-order chi connectivity index (χ0) is 17.0. The second-order valence-corrected chi connectivity index (χ2v) is 5.86. The van der Waals surface area contributed by atoms with Crippen LogP contribution in [-0.4, -0.2) is 22.6 Å². The number of aromatic nitrogens is 2. The van der Waals surface area contributed by atoms with Crippen LogP contribution in [0.2, 0.25) is 0 Å². The van der Waals surface area contributed by atoms with E-state index in [9.17, 15) is 8.78 Å². The molecule has 0 bridgehead atoms. The Hall–Kier alpha value is -2.08. The fourth-order valence-corrected chi connectivity index (χ4v) is 2.38. The van der Waals surface area contributed by atoms with Crippen LogP contribution in [0, 0.1) is 24.5 Å². The van der Waals surface area contributed by atoms with Crippen molar-refractivity contribution in [3.05, 3.63) is 41.9 Å². The number of hydrogen-bond acceptors (Lipinski definition) is 4. The van der Waals surface area contributed by atoms with E-state index < -0.39 is 11.6 Å². The van der Waals surface area contributed by atoms with E-state index in [4.69, 9.17) is 10.5 Å². The van der Waals surface area contributed by atoms with Gasteiger partial charge in [-0.3, -0.25) is 0 Å². The maximum absolute atomic E-state index is 14.3. The number of nitrogens with two attached hydrogens (primary N) is 1. The average Bonchev–Trinajstić information content (AvgIpc) is 2.48. The van der Waals surface area contributed by atoms with Crippen molar-refractivity contribution in [3.63, 3.8) is 0 Å². The largest absolute Gasteiger partial charge is 0.490 e. The number of benzene rings is 1. The Bertz CT molecular complexity index is 677. The van der Waals surface area contributed by atoms with E-state index in [-0.39, 0.29) is 29.9 Å². The molecule has 0 saturated heterocycles. The molecule has 1 heterocycles. The highest BCUT2D eigenvalue weighted by Gasteiger charge is 2.17. The van der Waals surface area contributed by atoms with Gasteiger partial charge in [0.25, 0.3) is 0 Å². The minimum Gasteiger partial charge on any atom is -0.490 e. The fraction of sp³-hybridized carbons (Fsp3) is 0.412. The summed E-state index contributed by atoms with van der Waals surface area (Å²) < 4.78 is 33.9. The van der Waals surface area contributed by atoms with E-state index >= 15 is 0 Å². The molecule has 0 radical (unpaired) electrons. The SMILES string of the molecule is Cc1nccc(-c2ccc(OCC(C)CC(C)N)c(F)c2F)n1. The zero-order valence-electron chi connectivity index (χ0n) is 13.5. The minimum absolute atomic E-state index is 0.0403. The van der Waals surface area contributed by atoms with Crippen molar-refractivity contribution in [1.29, 1.82) is 0 Å². The summed E-state index contributed by atoms with van der Waals surface area (Å²) in [7, 11) is 0. The van der Waals surface area contributed by atoms with Crippen LogP contribution in [0.25, 0.3) is 11.3 Å². The zero-order valence-corrected chi connectivity index (χ0v) is 13.5. The lowest BCUT2D eigenvalue weighted by atomic mass is 10.0. The first-order chi connectivity index (χ1) is 10.9. The third-order valence-electron chi connectivity index (χ3n) is 3.40. The highest BCUT2D eigenvalue weighted by Crippen LogP contribution is 2.29. The van der Waals surface area contributed by atoms with Gasteiger partial charge in [0.05, 0.1) is 12.3 Å². The van der Waals surface area contributed by atoms with Gasteiger partial charge in [0, 0.05) is 17.8 Å². The summed E-state index contributed by atoms with van der Waals surface area (Å²) in [5, 5.41) is 0.